The molecular weight excluding hydrogens is 362 g/mol. The normalized spacial score (nSPS) is 20.4. The van der Waals surface area contributed by atoms with Gasteiger partial charge in [0, 0.05) is 38.3 Å². The maximum absolute atomic E-state index is 12.3. The van der Waals surface area contributed by atoms with E-state index in [2.05, 4.69) is 5.32 Å². The van der Waals surface area contributed by atoms with Gasteiger partial charge in [0.2, 0.25) is 11.8 Å². The molecule has 1 aromatic rings. The van der Waals surface area contributed by atoms with Gasteiger partial charge in [-0.15, -0.1) is 0 Å². The third-order valence-electron chi connectivity index (χ3n) is 5.04. The lowest BCUT2D eigenvalue weighted by Gasteiger charge is -2.18. The summed E-state index contributed by atoms with van der Waals surface area (Å²) in [5, 5.41) is 11.9. The lowest BCUT2D eigenvalue weighted by atomic mass is 10.1. The molecule has 0 radical (unpaired) electrons. The summed E-state index contributed by atoms with van der Waals surface area (Å²) < 4.78 is 5.56. The van der Waals surface area contributed by atoms with E-state index in [1.54, 1.807) is 41.0 Å². The molecule has 1 aromatic carbocycles. The summed E-state index contributed by atoms with van der Waals surface area (Å²) >= 11 is 0. The van der Waals surface area contributed by atoms with Crippen LogP contribution in [0.15, 0.2) is 24.3 Å². The molecule has 0 spiro atoms. The first kappa shape index (κ1) is 20.1. The van der Waals surface area contributed by atoms with Crippen molar-refractivity contribution in [3.63, 3.8) is 0 Å². The average Bonchev–Trinajstić information content (AvgIpc) is 3.34. The van der Waals surface area contributed by atoms with Crippen LogP contribution in [0.3, 0.4) is 0 Å². The molecule has 0 saturated carbocycles. The van der Waals surface area contributed by atoms with Crippen molar-refractivity contribution in [3.05, 3.63) is 24.3 Å². The molecule has 3 rings (SSSR count). The maximum atomic E-state index is 12.3. The number of amides is 3. The van der Waals surface area contributed by atoms with Crippen molar-refractivity contribution in [2.45, 2.75) is 32.3 Å². The van der Waals surface area contributed by atoms with Crippen molar-refractivity contribution in [2.75, 3.05) is 37.7 Å². The molecule has 2 saturated heterocycles. The van der Waals surface area contributed by atoms with Gasteiger partial charge in [0.05, 0.1) is 12.0 Å². The molecule has 2 N–H and O–H groups in total. The number of hydrogen-bond acceptors (Lipinski definition) is 5. The number of anilines is 1. The summed E-state index contributed by atoms with van der Waals surface area (Å²) in [6, 6.07) is 6.95. The summed E-state index contributed by atoms with van der Waals surface area (Å²) in [5.74, 6) is -0.219. The Morgan fingerprint density at radius 2 is 1.93 bits per heavy atom. The first-order chi connectivity index (χ1) is 13.4. The number of benzene rings is 1. The smallest absolute Gasteiger partial charge is 0.260 e. The molecule has 152 valence electrons. The molecule has 0 aliphatic carbocycles. The van der Waals surface area contributed by atoms with Crippen LogP contribution in [0.4, 0.5) is 5.69 Å². The Balaban J connectivity index is 1.52. The van der Waals surface area contributed by atoms with Gasteiger partial charge < -0.3 is 25.0 Å². The first-order valence-corrected chi connectivity index (χ1v) is 9.71. The van der Waals surface area contributed by atoms with Crippen molar-refractivity contribution >= 4 is 23.4 Å². The van der Waals surface area contributed by atoms with E-state index in [0.29, 0.717) is 18.0 Å². The molecule has 2 aliphatic rings. The molecule has 0 aromatic heterocycles. The van der Waals surface area contributed by atoms with Crippen molar-refractivity contribution in [3.8, 4) is 5.75 Å². The van der Waals surface area contributed by atoms with Crippen LogP contribution in [0.1, 0.15) is 26.2 Å². The minimum Gasteiger partial charge on any atom is -0.484 e. The molecule has 0 bridgehead atoms. The summed E-state index contributed by atoms with van der Waals surface area (Å²) in [5.41, 5.74) is 0.689. The fraction of sp³-hybridized carbons (Fsp3) is 0.550. The van der Waals surface area contributed by atoms with E-state index in [1.165, 1.54) is 0 Å². The van der Waals surface area contributed by atoms with E-state index >= 15 is 0 Å². The van der Waals surface area contributed by atoms with Crippen molar-refractivity contribution in [1.82, 2.24) is 10.2 Å². The minimum absolute atomic E-state index is 0.00746. The Hall–Kier alpha value is -2.61. The van der Waals surface area contributed by atoms with Gasteiger partial charge in [0.15, 0.2) is 6.61 Å². The second kappa shape index (κ2) is 9.05. The van der Waals surface area contributed by atoms with Crippen molar-refractivity contribution < 1.29 is 24.2 Å². The second-order valence-electron chi connectivity index (χ2n) is 7.37. The van der Waals surface area contributed by atoms with Crippen LogP contribution in [0, 0.1) is 5.92 Å². The van der Waals surface area contributed by atoms with Gasteiger partial charge in [0.1, 0.15) is 5.75 Å². The fourth-order valence-electron chi connectivity index (χ4n) is 3.45. The number of carbonyl (C=O) groups excluding carboxylic acids is 3. The standard InChI is InChI=1S/C20H27N3O5/c1-14(24)11-21-20(27)15-10-18(25)23(12-15)16-4-6-17(7-5-16)28-13-19(26)22-8-2-3-9-22/h4-7,14-15,24H,2-3,8-13H2,1H3,(H,21,27)/t14-,15-/m0/s1. The third-order valence-corrected chi connectivity index (χ3v) is 5.04. The average molecular weight is 389 g/mol. The van der Waals surface area contributed by atoms with Crippen LogP contribution >= 0.6 is 0 Å². The van der Waals surface area contributed by atoms with Crippen LogP contribution in [0.25, 0.3) is 0 Å². The molecule has 2 heterocycles. The number of aliphatic hydroxyl groups excluding tert-OH is 1. The Morgan fingerprint density at radius 1 is 1.25 bits per heavy atom. The van der Waals surface area contributed by atoms with E-state index in [9.17, 15) is 19.5 Å². The highest BCUT2D eigenvalue weighted by Gasteiger charge is 2.35. The van der Waals surface area contributed by atoms with Crippen molar-refractivity contribution in [2.24, 2.45) is 5.92 Å². The molecule has 3 amide bonds. The summed E-state index contributed by atoms with van der Waals surface area (Å²) in [6.07, 6.45) is 1.61. The summed E-state index contributed by atoms with van der Waals surface area (Å²) in [6.45, 7) is 3.67. The monoisotopic (exact) mass is 389 g/mol. The number of ether oxygens (including phenoxy) is 1. The number of likely N-dealkylation sites (tertiary alicyclic amines) is 1. The quantitative estimate of drug-likeness (QED) is 0.709. The topological polar surface area (TPSA) is 99.2 Å². The van der Waals surface area contributed by atoms with Gasteiger partial charge in [-0.2, -0.15) is 0 Å². The molecule has 2 atom stereocenters. The number of hydrogen-bond donors (Lipinski definition) is 2. The van der Waals surface area contributed by atoms with Crippen LogP contribution in [0.5, 0.6) is 5.75 Å². The van der Waals surface area contributed by atoms with Crippen molar-refractivity contribution in [1.29, 1.82) is 0 Å². The Morgan fingerprint density at radius 3 is 2.57 bits per heavy atom. The van der Waals surface area contributed by atoms with E-state index in [1.807, 2.05) is 0 Å². The Labute approximate surface area is 164 Å². The van der Waals surface area contributed by atoms with Gasteiger partial charge in [0.25, 0.3) is 5.91 Å². The molecule has 28 heavy (non-hydrogen) atoms. The zero-order valence-corrected chi connectivity index (χ0v) is 16.1. The highest BCUT2D eigenvalue weighted by molar-refractivity contribution is 6.00. The van der Waals surface area contributed by atoms with Gasteiger partial charge >= 0.3 is 0 Å². The van der Waals surface area contributed by atoms with Gasteiger partial charge in [-0.05, 0) is 44.0 Å². The van der Waals surface area contributed by atoms with Crippen LogP contribution < -0.4 is 15.0 Å². The SMILES string of the molecule is C[C@H](O)CNC(=O)[C@H]1CC(=O)N(c2ccc(OCC(=O)N3CCCC3)cc2)C1. The zero-order chi connectivity index (χ0) is 20.1. The second-order valence-corrected chi connectivity index (χ2v) is 7.37. The molecule has 2 fully saturated rings. The van der Waals surface area contributed by atoms with E-state index in [4.69, 9.17) is 4.74 Å². The summed E-state index contributed by atoms with van der Waals surface area (Å²) in [4.78, 5) is 39.8. The van der Waals surface area contributed by atoms with Crippen LogP contribution in [0.2, 0.25) is 0 Å². The zero-order valence-electron chi connectivity index (χ0n) is 16.1. The van der Waals surface area contributed by atoms with Crippen LogP contribution in [-0.4, -0.2) is 66.6 Å². The molecule has 8 heteroatoms. The minimum atomic E-state index is -0.623. The van der Waals surface area contributed by atoms with E-state index in [0.717, 1.165) is 25.9 Å². The lowest BCUT2D eigenvalue weighted by Crippen LogP contribution is -2.36. The van der Waals surface area contributed by atoms with E-state index in [-0.39, 0.29) is 37.3 Å². The van der Waals surface area contributed by atoms with Crippen LogP contribution in [-0.2, 0) is 14.4 Å². The predicted molar refractivity (Wildman–Crippen MR) is 103 cm³/mol. The first-order valence-electron chi connectivity index (χ1n) is 9.71. The molecule has 8 nitrogen and oxygen atoms in total. The van der Waals surface area contributed by atoms with Gasteiger partial charge in [-0.1, -0.05) is 0 Å². The highest BCUT2D eigenvalue weighted by Crippen LogP contribution is 2.27. The maximum Gasteiger partial charge on any atom is 0.260 e. The largest absolute Gasteiger partial charge is 0.484 e. The third kappa shape index (κ3) is 5.01. The molecule has 2 aliphatic heterocycles. The lowest BCUT2D eigenvalue weighted by molar-refractivity contribution is -0.132. The highest BCUT2D eigenvalue weighted by atomic mass is 16.5. The number of rotatable bonds is 7. The molecular formula is C20H27N3O5. The van der Waals surface area contributed by atoms with E-state index < -0.39 is 12.0 Å². The number of nitrogens with zero attached hydrogens (tertiary/aromatic N) is 2. The van der Waals surface area contributed by atoms with Gasteiger partial charge in [-0.25, -0.2) is 0 Å². The molecule has 0 unspecified atom stereocenters. The predicted octanol–water partition coefficient (Wildman–Crippen LogP) is 0.538. The van der Waals surface area contributed by atoms with Gasteiger partial charge in [-0.3, -0.25) is 14.4 Å². The Bertz CT molecular complexity index is 713. The number of aliphatic hydroxyl groups is 1. The number of nitrogens with one attached hydrogen (secondary N) is 1. The Kier molecular flexibility index (Phi) is 6.51. The summed E-state index contributed by atoms with van der Waals surface area (Å²) in [7, 11) is 0. The number of carbonyl (C=O) groups is 3. The fourth-order valence-corrected chi connectivity index (χ4v) is 3.45.